The Balaban J connectivity index is 1.92. The second-order valence-corrected chi connectivity index (χ2v) is 18.4. The Morgan fingerprint density at radius 3 is 1.83 bits per heavy atom. The number of amides is 1. The number of rotatable bonds is 4. The van der Waals surface area contributed by atoms with Gasteiger partial charge >= 0.3 is 11.9 Å². The lowest BCUT2D eigenvalue weighted by Crippen LogP contribution is -2.64. The molecule has 0 aromatic carbocycles. The molecule has 3 aliphatic heterocycles. The zero-order valence-electron chi connectivity index (χ0n) is 40.4. The van der Waals surface area contributed by atoms with Crippen molar-refractivity contribution in [1.29, 1.82) is 0 Å². The van der Waals surface area contributed by atoms with E-state index < -0.39 is 153 Å². The van der Waals surface area contributed by atoms with Gasteiger partial charge in [-0.05, 0) is 33.1 Å². The summed E-state index contributed by atoms with van der Waals surface area (Å²) in [6.07, 6.45) is 3.52. The van der Waals surface area contributed by atoms with Gasteiger partial charge in [-0.25, -0.2) is 0 Å². The van der Waals surface area contributed by atoms with Crippen LogP contribution in [-0.2, 0) is 38.1 Å². The first-order valence-corrected chi connectivity index (χ1v) is 23.6. The SMILES string of the molecule is COC(=O)C1C(O)CC2(O)CC(O)CC(O)C(O)CCC(O)CC(O)CC(=O)OC(C)C(C)C(O)C(C)/C=C/C=C/C=C/C=C/C=C/C=C/C=C/C(OC3OC(C)C(O)C(NC(C)=O)C3O)CC1O2. The van der Waals surface area contributed by atoms with Gasteiger partial charge in [0.2, 0.25) is 5.91 Å². The highest BCUT2D eigenvalue weighted by atomic mass is 16.7. The highest BCUT2D eigenvalue weighted by molar-refractivity contribution is 5.74. The molecule has 19 heteroatoms. The van der Waals surface area contributed by atoms with Gasteiger partial charge in [-0.1, -0.05) is 98.9 Å². The van der Waals surface area contributed by atoms with Gasteiger partial charge in [-0.15, -0.1) is 0 Å². The molecular formula is C50H77NO18. The molecule has 3 rings (SSSR count). The lowest BCUT2D eigenvalue weighted by Gasteiger charge is -2.45. The van der Waals surface area contributed by atoms with E-state index in [2.05, 4.69) is 5.32 Å². The molecule has 0 aromatic rings. The van der Waals surface area contributed by atoms with Crippen LogP contribution in [-0.4, -0.2) is 173 Å². The van der Waals surface area contributed by atoms with Crippen LogP contribution in [0.1, 0.15) is 86.0 Å². The summed E-state index contributed by atoms with van der Waals surface area (Å²) < 4.78 is 28.6. The molecule has 3 heterocycles. The average Bonchev–Trinajstić information content (AvgIpc) is 3.26. The molecule has 3 aliphatic rings. The molecule has 0 spiro atoms. The van der Waals surface area contributed by atoms with Crippen LogP contribution in [0.15, 0.2) is 85.1 Å². The molecule has 19 unspecified atom stereocenters. The fraction of sp³-hybridized carbons (Fsp3) is 0.660. The van der Waals surface area contributed by atoms with Crippen LogP contribution in [0.5, 0.6) is 0 Å². The van der Waals surface area contributed by atoms with Gasteiger partial charge in [-0.2, -0.15) is 0 Å². The van der Waals surface area contributed by atoms with Crippen LogP contribution < -0.4 is 5.32 Å². The summed E-state index contributed by atoms with van der Waals surface area (Å²) in [6.45, 7) is 7.95. The molecule has 2 saturated heterocycles. The molecule has 0 radical (unpaired) electrons. The summed E-state index contributed by atoms with van der Waals surface area (Å²) in [5, 5.41) is 112. The Hall–Kier alpha value is -3.93. The van der Waals surface area contributed by atoms with Crippen LogP contribution in [0.25, 0.3) is 0 Å². The zero-order valence-corrected chi connectivity index (χ0v) is 40.4. The third kappa shape index (κ3) is 20.0. The molecule has 0 saturated carbocycles. The Kier molecular flexibility index (Phi) is 25.3. The quantitative estimate of drug-likeness (QED) is 0.175. The minimum atomic E-state index is -2.30. The molecule has 390 valence electrons. The first-order valence-electron chi connectivity index (χ1n) is 23.6. The lowest BCUT2D eigenvalue weighted by molar-refractivity contribution is -0.309. The van der Waals surface area contributed by atoms with Crippen molar-refractivity contribution in [1.82, 2.24) is 5.32 Å². The van der Waals surface area contributed by atoms with Gasteiger partial charge in [0.25, 0.3) is 0 Å². The van der Waals surface area contributed by atoms with E-state index >= 15 is 0 Å². The van der Waals surface area contributed by atoms with Crippen LogP contribution in [0.4, 0.5) is 0 Å². The Morgan fingerprint density at radius 2 is 1.25 bits per heavy atom. The molecule has 69 heavy (non-hydrogen) atoms. The van der Waals surface area contributed by atoms with Gasteiger partial charge in [-0.3, -0.25) is 14.4 Å². The number of esters is 2. The molecule has 2 bridgehead atoms. The Morgan fingerprint density at radius 1 is 0.667 bits per heavy atom. The van der Waals surface area contributed by atoms with Gasteiger partial charge < -0.3 is 80.1 Å². The minimum Gasteiger partial charge on any atom is -0.469 e. The lowest BCUT2D eigenvalue weighted by atomic mass is 9.82. The van der Waals surface area contributed by atoms with Gasteiger partial charge in [0.05, 0.1) is 80.6 Å². The average molecular weight is 980 g/mol. The summed E-state index contributed by atoms with van der Waals surface area (Å²) in [7, 11) is 1.10. The first-order chi connectivity index (χ1) is 32.5. The monoisotopic (exact) mass is 980 g/mol. The molecule has 11 N–H and O–H groups in total. The number of methoxy groups -OCH3 is 1. The predicted octanol–water partition coefficient (Wildman–Crippen LogP) is 0.978. The maximum atomic E-state index is 13.1. The van der Waals surface area contributed by atoms with E-state index in [1.165, 1.54) is 19.9 Å². The number of allylic oxidation sites excluding steroid dienone is 12. The van der Waals surface area contributed by atoms with Crippen molar-refractivity contribution in [2.75, 3.05) is 7.11 Å². The zero-order chi connectivity index (χ0) is 51.4. The molecular weight excluding hydrogens is 903 g/mol. The summed E-state index contributed by atoms with van der Waals surface area (Å²) >= 11 is 0. The number of nitrogens with one attached hydrogen (secondary N) is 1. The minimum absolute atomic E-state index is 0.107. The van der Waals surface area contributed by atoms with Crippen molar-refractivity contribution < 1.29 is 89.1 Å². The van der Waals surface area contributed by atoms with Crippen molar-refractivity contribution in [2.45, 2.75) is 183 Å². The van der Waals surface area contributed by atoms with Crippen LogP contribution in [0.2, 0.25) is 0 Å². The van der Waals surface area contributed by atoms with Crippen LogP contribution >= 0.6 is 0 Å². The second kappa shape index (κ2) is 29.4. The van der Waals surface area contributed by atoms with Gasteiger partial charge in [0, 0.05) is 44.4 Å². The van der Waals surface area contributed by atoms with E-state index in [4.69, 9.17) is 23.7 Å². The van der Waals surface area contributed by atoms with Crippen molar-refractivity contribution >= 4 is 17.8 Å². The number of hydrogen-bond acceptors (Lipinski definition) is 18. The van der Waals surface area contributed by atoms with Gasteiger partial charge in [0.1, 0.15) is 24.2 Å². The molecule has 2 fully saturated rings. The number of carbonyl (C=O) groups is 3. The first kappa shape index (κ1) is 59.4. The highest BCUT2D eigenvalue weighted by Gasteiger charge is 2.51. The number of aliphatic hydroxyl groups excluding tert-OH is 9. The summed E-state index contributed by atoms with van der Waals surface area (Å²) in [4.78, 5) is 37.8. The largest absolute Gasteiger partial charge is 0.469 e. The molecule has 0 aliphatic carbocycles. The van der Waals surface area contributed by atoms with E-state index in [1.54, 1.807) is 74.6 Å². The second-order valence-electron chi connectivity index (χ2n) is 18.4. The smallest absolute Gasteiger partial charge is 0.313 e. The number of hydrogen-bond donors (Lipinski definition) is 11. The van der Waals surface area contributed by atoms with E-state index in [-0.39, 0.29) is 31.6 Å². The fourth-order valence-electron chi connectivity index (χ4n) is 8.46. The number of aliphatic hydroxyl groups is 10. The van der Waals surface area contributed by atoms with E-state index in [9.17, 15) is 65.4 Å². The van der Waals surface area contributed by atoms with Crippen LogP contribution in [0.3, 0.4) is 0 Å². The third-order valence-corrected chi connectivity index (χ3v) is 12.5. The summed E-state index contributed by atoms with van der Waals surface area (Å²) in [5.41, 5.74) is 0. The Labute approximate surface area is 404 Å². The normalized spacial score (nSPS) is 43.4. The van der Waals surface area contributed by atoms with E-state index in [1.807, 2.05) is 25.2 Å². The maximum Gasteiger partial charge on any atom is 0.313 e. The third-order valence-electron chi connectivity index (χ3n) is 12.5. The fourth-order valence-corrected chi connectivity index (χ4v) is 8.46. The maximum absolute atomic E-state index is 13.1. The van der Waals surface area contributed by atoms with E-state index in [0.717, 1.165) is 7.11 Å². The number of ether oxygens (including phenoxy) is 5. The number of carbonyl (C=O) groups excluding carboxylic acids is 3. The highest BCUT2D eigenvalue weighted by Crippen LogP contribution is 2.38. The van der Waals surface area contributed by atoms with Gasteiger partial charge in [0.15, 0.2) is 12.1 Å². The van der Waals surface area contributed by atoms with Crippen molar-refractivity contribution in [2.24, 2.45) is 17.8 Å². The summed E-state index contributed by atoms with van der Waals surface area (Å²) in [6, 6.07) is -1.19. The Bertz CT molecular complexity index is 1800. The number of fused-ring (bicyclic) bond motifs is 2. The van der Waals surface area contributed by atoms with Crippen molar-refractivity contribution in [3.05, 3.63) is 85.1 Å². The number of cyclic esters (lactones) is 1. The van der Waals surface area contributed by atoms with Crippen LogP contribution in [0, 0.1) is 17.8 Å². The molecule has 0 aromatic heterocycles. The topological polar surface area (TPSA) is 312 Å². The molecule has 19 nitrogen and oxygen atoms in total. The van der Waals surface area contributed by atoms with E-state index in [0.29, 0.717) is 0 Å². The summed E-state index contributed by atoms with van der Waals surface area (Å²) in [5.74, 6) is -6.58. The van der Waals surface area contributed by atoms with Crippen molar-refractivity contribution in [3.63, 3.8) is 0 Å². The standard InChI is InChI=1S/C50H77NO18/c1-29-19-17-15-13-11-9-7-8-10-12-14-16-18-20-37(68-49-47(62)44(51-33(5)52)46(61)32(4)67-49)26-41-43(48(63)65-6)40(58)28-50(64,69-41)27-36(55)24-39(57)38(56)22-21-34(53)23-35(54)25-42(59)66-31(3)30(2)45(29)60/h7-20,29-32,34-41,43-47,49,53-58,60-62,64H,21-28H2,1-6H3,(H,51,52)/b8-7+,11-9+,12-10+,15-13+,16-14+,19-17+,20-18+. The molecule has 19 atom stereocenters. The predicted molar refractivity (Wildman–Crippen MR) is 251 cm³/mol. The van der Waals surface area contributed by atoms with Crippen molar-refractivity contribution in [3.8, 4) is 0 Å². The molecule has 1 amide bonds.